The molecule has 0 aromatic heterocycles. The number of rotatable bonds is 8. The first-order chi connectivity index (χ1) is 9.62. The molecule has 0 saturated heterocycles. The zero-order valence-corrected chi connectivity index (χ0v) is 11.5. The van der Waals surface area contributed by atoms with Crippen LogP contribution >= 0.6 is 0 Å². The van der Waals surface area contributed by atoms with Crippen LogP contribution in [0.1, 0.15) is 24.9 Å². The second kappa shape index (κ2) is 8.02. The molecule has 0 spiro atoms. The molecule has 1 rings (SSSR count). The highest BCUT2D eigenvalue weighted by Gasteiger charge is 2.14. The molecular formula is C14H18N2O4. The summed E-state index contributed by atoms with van der Waals surface area (Å²) in [5, 5.41) is 20.4. The maximum atomic E-state index is 10.5. The number of aliphatic carboxylic acids is 1. The molecule has 6 nitrogen and oxygen atoms in total. The van der Waals surface area contributed by atoms with E-state index in [9.17, 15) is 4.79 Å². The molecular weight excluding hydrogens is 260 g/mol. The van der Waals surface area contributed by atoms with Crippen LogP contribution in [0.25, 0.3) is 0 Å². The summed E-state index contributed by atoms with van der Waals surface area (Å²) in [6.07, 6.45) is 0.881. The van der Waals surface area contributed by atoms with Crippen molar-refractivity contribution >= 4 is 5.97 Å². The van der Waals surface area contributed by atoms with E-state index in [2.05, 4.69) is 5.32 Å². The predicted octanol–water partition coefficient (Wildman–Crippen LogP) is 1.72. The summed E-state index contributed by atoms with van der Waals surface area (Å²) in [6.45, 7) is 2.30. The van der Waals surface area contributed by atoms with Crippen LogP contribution < -0.4 is 14.8 Å². The van der Waals surface area contributed by atoms with Gasteiger partial charge in [-0.25, -0.2) is 0 Å². The summed E-state index contributed by atoms with van der Waals surface area (Å²) in [6, 6.07) is 6.42. The topological polar surface area (TPSA) is 91.6 Å². The van der Waals surface area contributed by atoms with E-state index in [1.54, 1.807) is 18.2 Å². The largest absolute Gasteiger partial charge is 0.493 e. The Morgan fingerprint density at radius 2 is 2.25 bits per heavy atom. The number of nitrogens with one attached hydrogen (secondary N) is 1. The second-order valence-corrected chi connectivity index (χ2v) is 4.10. The van der Waals surface area contributed by atoms with Gasteiger partial charge >= 0.3 is 5.97 Å². The summed E-state index contributed by atoms with van der Waals surface area (Å²) in [4.78, 5) is 10.5. The Morgan fingerprint density at radius 1 is 1.50 bits per heavy atom. The maximum Gasteiger partial charge on any atom is 0.317 e. The van der Waals surface area contributed by atoms with E-state index < -0.39 is 12.0 Å². The average Bonchev–Trinajstić information content (AvgIpc) is 2.45. The van der Waals surface area contributed by atoms with Gasteiger partial charge in [-0.2, -0.15) is 5.26 Å². The molecule has 0 fully saturated rings. The number of benzene rings is 1. The minimum Gasteiger partial charge on any atom is -0.493 e. The van der Waals surface area contributed by atoms with Crippen molar-refractivity contribution in [2.75, 3.05) is 20.3 Å². The van der Waals surface area contributed by atoms with E-state index >= 15 is 0 Å². The number of ether oxygens (including phenoxy) is 2. The van der Waals surface area contributed by atoms with Crippen LogP contribution in [0.5, 0.6) is 11.5 Å². The molecule has 20 heavy (non-hydrogen) atoms. The van der Waals surface area contributed by atoms with Crippen LogP contribution in [0.3, 0.4) is 0 Å². The van der Waals surface area contributed by atoms with Crippen LogP contribution in [0.4, 0.5) is 0 Å². The highest BCUT2D eigenvalue weighted by molar-refractivity contribution is 5.69. The molecule has 108 valence electrons. The quantitative estimate of drug-likeness (QED) is 0.752. The number of carbonyl (C=O) groups is 1. The van der Waals surface area contributed by atoms with Gasteiger partial charge in [-0.3, -0.25) is 10.1 Å². The van der Waals surface area contributed by atoms with E-state index in [0.717, 1.165) is 6.42 Å². The number of carboxylic acid groups (broad SMARTS) is 1. The highest BCUT2D eigenvalue weighted by Crippen LogP contribution is 2.30. The van der Waals surface area contributed by atoms with Crippen LogP contribution in [0.2, 0.25) is 0 Å². The van der Waals surface area contributed by atoms with Gasteiger partial charge in [0.1, 0.15) is 6.04 Å². The van der Waals surface area contributed by atoms with Crippen molar-refractivity contribution in [3.8, 4) is 17.6 Å². The van der Waals surface area contributed by atoms with Crippen molar-refractivity contribution in [1.29, 1.82) is 5.26 Å². The summed E-state index contributed by atoms with van der Waals surface area (Å²) < 4.78 is 10.7. The first-order valence-corrected chi connectivity index (χ1v) is 6.27. The SMILES string of the molecule is CCCOc1ccc(C(C#N)NCC(=O)O)cc1OC. The zero-order chi connectivity index (χ0) is 15.0. The predicted molar refractivity (Wildman–Crippen MR) is 72.8 cm³/mol. The molecule has 0 bridgehead atoms. The van der Waals surface area contributed by atoms with E-state index in [4.69, 9.17) is 19.8 Å². The molecule has 6 heteroatoms. The fraction of sp³-hybridized carbons (Fsp3) is 0.429. The first-order valence-electron chi connectivity index (χ1n) is 6.27. The minimum atomic E-state index is -1.01. The average molecular weight is 278 g/mol. The van der Waals surface area contributed by atoms with Crippen LogP contribution in [0.15, 0.2) is 18.2 Å². The van der Waals surface area contributed by atoms with Gasteiger partial charge in [-0.15, -0.1) is 0 Å². The fourth-order valence-electron chi connectivity index (χ4n) is 1.62. The highest BCUT2D eigenvalue weighted by atomic mass is 16.5. The Kier molecular flexibility index (Phi) is 6.33. The third kappa shape index (κ3) is 4.44. The first kappa shape index (κ1) is 15.8. The minimum absolute atomic E-state index is 0.283. The third-order valence-corrected chi connectivity index (χ3v) is 2.57. The number of methoxy groups -OCH3 is 1. The van der Waals surface area contributed by atoms with E-state index in [0.29, 0.717) is 23.7 Å². The van der Waals surface area contributed by atoms with Gasteiger partial charge in [0.15, 0.2) is 11.5 Å². The molecule has 0 aliphatic heterocycles. The van der Waals surface area contributed by atoms with E-state index in [-0.39, 0.29) is 6.54 Å². The van der Waals surface area contributed by atoms with Crippen LogP contribution in [-0.2, 0) is 4.79 Å². The third-order valence-electron chi connectivity index (χ3n) is 2.57. The molecule has 1 aromatic rings. The van der Waals surface area contributed by atoms with Gasteiger partial charge < -0.3 is 14.6 Å². The Hall–Kier alpha value is -2.26. The summed E-state index contributed by atoms with van der Waals surface area (Å²) in [5.41, 5.74) is 0.634. The standard InChI is InChI=1S/C14H18N2O4/c1-3-6-20-12-5-4-10(7-13(12)19-2)11(8-15)16-9-14(17)18/h4-5,7,11,16H,3,6,9H2,1-2H3,(H,17,18). The van der Waals surface area contributed by atoms with Gasteiger partial charge in [0.05, 0.1) is 26.3 Å². The Morgan fingerprint density at radius 3 is 2.80 bits per heavy atom. The van der Waals surface area contributed by atoms with Crippen molar-refractivity contribution in [3.63, 3.8) is 0 Å². The van der Waals surface area contributed by atoms with Crippen LogP contribution in [-0.4, -0.2) is 31.3 Å². The normalized spacial score (nSPS) is 11.4. The summed E-state index contributed by atoms with van der Waals surface area (Å²) >= 11 is 0. The number of hydrogen-bond donors (Lipinski definition) is 2. The lowest BCUT2D eigenvalue weighted by Gasteiger charge is -2.14. The van der Waals surface area contributed by atoms with Gasteiger partial charge in [0, 0.05) is 0 Å². The lowest BCUT2D eigenvalue weighted by molar-refractivity contribution is -0.136. The van der Waals surface area contributed by atoms with Gasteiger partial charge in [-0.05, 0) is 24.1 Å². The molecule has 0 radical (unpaired) electrons. The maximum absolute atomic E-state index is 10.5. The Bertz CT molecular complexity index is 496. The van der Waals surface area contributed by atoms with Crippen molar-refractivity contribution in [2.45, 2.75) is 19.4 Å². The van der Waals surface area contributed by atoms with Crippen molar-refractivity contribution in [3.05, 3.63) is 23.8 Å². The van der Waals surface area contributed by atoms with E-state index in [1.807, 2.05) is 13.0 Å². The van der Waals surface area contributed by atoms with Crippen molar-refractivity contribution in [1.82, 2.24) is 5.32 Å². The molecule has 0 aliphatic carbocycles. The summed E-state index contributed by atoms with van der Waals surface area (Å²) in [5.74, 6) is 0.112. The number of nitrogens with zero attached hydrogens (tertiary/aromatic N) is 1. The molecule has 1 atom stereocenters. The molecule has 0 saturated carbocycles. The van der Waals surface area contributed by atoms with Gasteiger partial charge in [-0.1, -0.05) is 13.0 Å². The fourth-order valence-corrected chi connectivity index (χ4v) is 1.62. The Labute approximate surface area is 117 Å². The number of carboxylic acids is 1. The lowest BCUT2D eigenvalue weighted by Crippen LogP contribution is -2.26. The second-order valence-electron chi connectivity index (χ2n) is 4.10. The van der Waals surface area contributed by atoms with Crippen molar-refractivity contribution in [2.24, 2.45) is 0 Å². The molecule has 0 aliphatic rings. The van der Waals surface area contributed by atoms with Crippen molar-refractivity contribution < 1.29 is 19.4 Å². The molecule has 1 aromatic carbocycles. The summed E-state index contributed by atoms with van der Waals surface area (Å²) in [7, 11) is 1.52. The Balaban J connectivity index is 2.89. The number of nitriles is 1. The smallest absolute Gasteiger partial charge is 0.317 e. The van der Waals surface area contributed by atoms with E-state index in [1.165, 1.54) is 7.11 Å². The zero-order valence-electron chi connectivity index (χ0n) is 11.5. The van der Waals surface area contributed by atoms with Crippen LogP contribution in [0, 0.1) is 11.3 Å². The van der Waals surface area contributed by atoms with Gasteiger partial charge in [0.25, 0.3) is 0 Å². The molecule has 0 heterocycles. The molecule has 0 amide bonds. The molecule has 1 unspecified atom stereocenters. The van der Waals surface area contributed by atoms with Gasteiger partial charge in [0.2, 0.25) is 0 Å². The monoisotopic (exact) mass is 278 g/mol. The number of hydrogen-bond acceptors (Lipinski definition) is 5. The molecule has 2 N–H and O–H groups in total. The lowest BCUT2D eigenvalue weighted by atomic mass is 10.1.